The van der Waals surface area contributed by atoms with Crippen molar-refractivity contribution in [3.8, 4) is 0 Å². The Hall–Kier alpha value is 1.82. The smallest absolute Gasteiger partial charge is 0.0594 e. The number of hydrogen-bond donors (Lipinski definition) is 0. The molecule has 1 unspecified atom stereocenters. The summed E-state index contributed by atoms with van der Waals surface area (Å²) in [4.78, 5) is 0. The maximum Gasteiger partial charge on any atom is 0.0594 e. The van der Waals surface area contributed by atoms with E-state index in [0.717, 1.165) is 0 Å². The molecule has 0 aliphatic carbocycles. The second kappa shape index (κ2) is 32.8. The fraction of sp³-hybridized carbons (Fsp3) is 1.00. The normalized spacial score (nSPS) is 10.9. The summed E-state index contributed by atoms with van der Waals surface area (Å²) < 4.78 is 0. The Labute approximate surface area is 230 Å². The van der Waals surface area contributed by atoms with Crippen LogP contribution in [0.4, 0.5) is 0 Å². The monoisotopic (exact) mass is 620 g/mol. The molecule has 0 spiro atoms. The number of halogens is 2. The third-order valence-electron chi connectivity index (χ3n) is 6.94. The summed E-state index contributed by atoms with van der Waals surface area (Å²) >= 11 is 0. The van der Waals surface area contributed by atoms with Crippen molar-refractivity contribution in [1.82, 2.24) is 0 Å². The van der Waals surface area contributed by atoms with E-state index in [1.165, 1.54) is 122 Å². The summed E-state index contributed by atoms with van der Waals surface area (Å²) in [5.74, 6) is 0. The van der Waals surface area contributed by atoms with E-state index in [0.29, 0.717) is 0 Å². The lowest BCUT2D eigenvalue weighted by molar-refractivity contribution is -0.00000692. The van der Waals surface area contributed by atoms with Crippen molar-refractivity contribution in [2.45, 2.75) is 156 Å². The van der Waals surface area contributed by atoms with Gasteiger partial charge in [0.15, 0.2) is 0 Å². The van der Waals surface area contributed by atoms with E-state index in [-0.39, 0.29) is 43.9 Å². The molecule has 0 radical (unpaired) electrons. The Kier molecular flexibility index (Phi) is 42.0. The third kappa shape index (κ3) is 26.4. The quantitative estimate of drug-likeness (QED) is 0.0748. The number of unbranched alkanes of at least 4 members (excludes halogenated alkanes) is 16. The average molecular weight is 623 g/mol. The standard InChI is InChI=1S/C28H60P.2BrH.H3P/c1-5-9-13-14-15-16-17-18-19-20-21-22-23-24-28-29(25-10-6-2,26-11-7-3)27-12-8-4;;;/h5-28H2,1-4H3;2*1H;1H3/q+1;;;/p-1. The largest absolute Gasteiger partial charge is 1.00 e. The number of hydrogen-bond acceptors (Lipinski definition) is 0. The third-order valence-corrected chi connectivity index (χ3v) is 12.0. The van der Waals surface area contributed by atoms with Gasteiger partial charge in [-0.2, -0.15) is 9.90 Å². The average Bonchev–Trinajstić information content (AvgIpc) is 2.74. The Morgan fingerprint density at radius 1 is 0.344 bits per heavy atom. The highest BCUT2D eigenvalue weighted by Crippen LogP contribution is 2.61. The highest BCUT2D eigenvalue weighted by molar-refractivity contribution is 8.93. The van der Waals surface area contributed by atoms with Crippen LogP contribution in [0.3, 0.4) is 0 Å². The van der Waals surface area contributed by atoms with Gasteiger partial charge >= 0.3 is 0 Å². The van der Waals surface area contributed by atoms with Gasteiger partial charge in [0.1, 0.15) is 0 Å². The van der Waals surface area contributed by atoms with E-state index in [1.54, 1.807) is 31.1 Å². The van der Waals surface area contributed by atoms with Gasteiger partial charge in [-0.05, 0) is 32.1 Å². The molecule has 32 heavy (non-hydrogen) atoms. The molecule has 0 aliphatic rings. The summed E-state index contributed by atoms with van der Waals surface area (Å²) in [6.07, 6.45) is 36.0. The summed E-state index contributed by atoms with van der Waals surface area (Å²) in [6.45, 7) is 9.48. The van der Waals surface area contributed by atoms with Crippen LogP contribution in [0.1, 0.15) is 156 Å². The van der Waals surface area contributed by atoms with Crippen LogP contribution < -0.4 is 17.0 Å². The molecular weight excluding hydrogens is 558 g/mol. The molecule has 200 valence electrons. The molecule has 0 aromatic carbocycles. The first kappa shape index (κ1) is 41.0. The molecule has 0 N–H and O–H groups in total. The van der Waals surface area contributed by atoms with Gasteiger partial charge in [-0.3, -0.25) is 0 Å². The van der Waals surface area contributed by atoms with Crippen molar-refractivity contribution in [3.05, 3.63) is 0 Å². The van der Waals surface area contributed by atoms with E-state index < -0.39 is 7.26 Å². The molecule has 0 nitrogen and oxygen atoms in total. The molecule has 0 aromatic rings. The second-order valence-corrected chi connectivity index (χ2v) is 14.4. The van der Waals surface area contributed by atoms with Crippen LogP contribution in [0, 0.1) is 0 Å². The van der Waals surface area contributed by atoms with Crippen LogP contribution in [-0.2, 0) is 0 Å². The van der Waals surface area contributed by atoms with Gasteiger partial charge < -0.3 is 17.0 Å². The predicted molar refractivity (Wildman–Crippen MR) is 163 cm³/mol. The van der Waals surface area contributed by atoms with Crippen molar-refractivity contribution in [1.29, 1.82) is 0 Å². The Morgan fingerprint density at radius 3 is 0.844 bits per heavy atom. The minimum absolute atomic E-state index is 0. The van der Waals surface area contributed by atoms with Crippen molar-refractivity contribution in [2.75, 3.05) is 24.6 Å². The first-order valence-corrected chi connectivity index (χ1v) is 16.6. The molecule has 0 saturated carbocycles. The van der Waals surface area contributed by atoms with Gasteiger partial charge in [0.2, 0.25) is 0 Å². The molecule has 0 aliphatic heterocycles. The zero-order chi connectivity index (χ0) is 21.5. The fourth-order valence-electron chi connectivity index (χ4n) is 4.79. The minimum Gasteiger partial charge on any atom is -1.00 e. The summed E-state index contributed by atoms with van der Waals surface area (Å²) in [5, 5.41) is 0. The van der Waals surface area contributed by atoms with Crippen LogP contribution in [0.15, 0.2) is 0 Å². The van der Waals surface area contributed by atoms with Gasteiger partial charge in [0.05, 0.1) is 24.6 Å². The van der Waals surface area contributed by atoms with Crippen molar-refractivity contribution in [3.63, 3.8) is 0 Å². The first-order valence-electron chi connectivity index (χ1n) is 14.1. The molecule has 0 aromatic heterocycles. The van der Waals surface area contributed by atoms with Gasteiger partial charge in [-0.25, -0.2) is 0 Å². The van der Waals surface area contributed by atoms with E-state index in [4.69, 9.17) is 0 Å². The van der Waals surface area contributed by atoms with Crippen LogP contribution in [0.25, 0.3) is 0 Å². The summed E-state index contributed by atoms with van der Waals surface area (Å²) in [6, 6.07) is 0. The molecule has 0 bridgehead atoms. The van der Waals surface area contributed by atoms with E-state index in [2.05, 4.69) is 27.7 Å². The van der Waals surface area contributed by atoms with E-state index in [9.17, 15) is 0 Å². The molecule has 0 amide bonds. The topological polar surface area (TPSA) is 0 Å². The molecule has 0 heterocycles. The van der Waals surface area contributed by atoms with Crippen LogP contribution in [0.5, 0.6) is 0 Å². The van der Waals surface area contributed by atoms with Gasteiger partial charge in [0, 0.05) is 7.26 Å². The van der Waals surface area contributed by atoms with E-state index >= 15 is 0 Å². The lowest BCUT2D eigenvalue weighted by Gasteiger charge is -2.28. The molecule has 0 fully saturated rings. The SMILES string of the molecule is Br.CCCCCCCCCCCCCCCC[P+](CCCC)(CCCC)CCCC.P.[Br-]. The molecular formula is C28H64Br2P2. The van der Waals surface area contributed by atoms with Crippen LogP contribution in [-0.4, -0.2) is 24.6 Å². The van der Waals surface area contributed by atoms with Gasteiger partial charge in [-0.1, -0.05) is 124 Å². The van der Waals surface area contributed by atoms with Gasteiger partial charge in [-0.15, -0.1) is 17.0 Å². The van der Waals surface area contributed by atoms with Crippen molar-refractivity contribution >= 4 is 34.1 Å². The minimum atomic E-state index is -0.630. The van der Waals surface area contributed by atoms with E-state index in [1.807, 2.05) is 0 Å². The number of rotatable bonds is 24. The highest BCUT2D eigenvalue weighted by Gasteiger charge is 2.34. The Bertz CT molecular complexity index is 292. The molecule has 0 saturated heterocycles. The highest BCUT2D eigenvalue weighted by atomic mass is 79.9. The Balaban J connectivity index is -0.00000131. The zero-order valence-electron chi connectivity index (χ0n) is 22.9. The van der Waals surface area contributed by atoms with Crippen LogP contribution >= 0.6 is 34.1 Å². The van der Waals surface area contributed by atoms with Gasteiger partial charge in [0.25, 0.3) is 0 Å². The fourth-order valence-corrected chi connectivity index (χ4v) is 9.99. The maximum atomic E-state index is 2.39. The molecule has 4 heteroatoms. The molecule has 1 atom stereocenters. The second-order valence-electron chi connectivity index (χ2n) is 9.89. The first-order chi connectivity index (χ1) is 14.2. The Morgan fingerprint density at radius 2 is 0.562 bits per heavy atom. The lowest BCUT2D eigenvalue weighted by atomic mass is 10.0. The lowest BCUT2D eigenvalue weighted by Crippen LogP contribution is -3.00. The van der Waals surface area contributed by atoms with Crippen molar-refractivity contribution < 1.29 is 17.0 Å². The maximum absolute atomic E-state index is 2.39. The van der Waals surface area contributed by atoms with Crippen LogP contribution in [0.2, 0.25) is 0 Å². The summed E-state index contributed by atoms with van der Waals surface area (Å²) in [5.41, 5.74) is 0. The predicted octanol–water partition coefficient (Wildman–Crippen LogP) is 8.53. The van der Waals surface area contributed by atoms with Crippen molar-refractivity contribution in [2.24, 2.45) is 0 Å². The zero-order valence-corrected chi connectivity index (χ0v) is 28.5. The summed E-state index contributed by atoms with van der Waals surface area (Å²) in [7, 11) is -0.630. The molecule has 0 rings (SSSR count).